The van der Waals surface area contributed by atoms with Crippen LogP contribution in [-0.4, -0.2) is 47.1 Å². The minimum atomic E-state index is -1.61. The lowest BCUT2D eigenvalue weighted by molar-refractivity contribution is -0.142. The first-order valence-electron chi connectivity index (χ1n) is 7.35. The number of nitrogens with zero attached hydrogens (tertiary/aromatic N) is 3. The summed E-state index contributed by atoms with van der Waals surface area (Å²) in [6, 6.07) is 6.70. The second-order valence-corrected chi connectivity index (χ2v) is 6.67. The Kier molecular flexibility index (Phi) is 3.98. The van der Waals surface area contributed by atoms with E-state index in [2.05, 4.69) is 25.8 Å². The largest absolute Gasteiger partial charge is 0.464 e. The Morgan fingerprint density at radius 2 is 1.92 bits per heavy atom. The van der Waals surface area contributed by atoms with Crippen molar-refractivity contribution in [2.75, 3.05) is 12.0 Å². The van der Waals surface area contributed by atoms with E-state index in [0.29, 0.717) is 10.2 Å². The molecule has 1 saturated heterocycles. The fourth-order valence-electron chi connectivity index (χ4n) is 3.21. The zero-order valence-electron chi connectivity index (χ0n) is 13.6. The molecule has 8 nitrogen and oxygen atoms in total. The topological polar surface area (TPSA) is 96.3 Å². The minimum Gasteiger partial charge on any atom is -0.464 e. The number of rotatable bonds is 2. The molecule has 3 rings (SSSR count). The SMILES string of the molecule is COC(=O)C1=NN(C(C)=O)C2(C)C(=O)N(c3ccccc3Br)C(=O)C12. The van der Waals surface area contributed by atoms with Crippen LogP contribution < -0.4 is 4.90 Å². The van der Waals surface area contributed by atoms with E-state index in [1.165, 1.54) is 13.8 Å². The van der Waals surface area contributed by atoms with Gasteiger partial charge < -0.3 is 4.74 Å². The number of hydrazone groups is 1. The van der Waals surface area contributed by atoms with Crippen molar-refractivity contribution in [1.82, 2.24) is 5.01 Å². The maximum atomic E-state index is 13.1. The zero-order chi connectivity index (χ0) is 18.5. The smallest absolute Gasteiger partial charge is 0.355 e. The first kappa shape index (κ1) is 17.3. The highest BCUT2D eigenvalue weighted by molar-refractivity contribution is 9.10. The Morgan fingerprint density at radius 1 is 1.28 bits per heavy atom. The average Bonchev–Trinajstić information content (AvgIpc) is 2.99. The van der Waals surface area contributed by atoms with Crippen molar-refractivity contribution >= 4 is 51.0 Å². The summed E-state index contributed by atoms with van der Waals surface area (Å²) in [7, 11) is 1.14. The van der Waals surface area contributed by atoms with E-state index in [-0.39, 0.29) is 5.71 Å². The maximum Gasteiger partial charge on any atom is 0.355 e. The van der Waals surface area contributed by atoms with Crippen molar-refractivity contribution in [3.05, 3.63) is 28.7 Å². The van der Waals surface area contributed by atoms with Crippen LogP contribution >= 0.6 is 15.9 Å². The molecule has 0 radical (unpaired) electrons. The van der Waals surface area contributed by atoms with Crippen LogP contribution in [-0.2, 0) is 23.9 Å². The molecule has 2 atom stereocenters. The molecule has 1 aromatic rings. The molecule has 1 aromatic carbocycles. The van der Waals surface area contributed by atoms with Crippen molar-refractivity contribution in [3.63, 3.8) is 0 Å². The van der Waals surface area contributed by atoms with Crippen LogP contribution in [0.3, 0.4) is 0 Å². The molecule has 9 heteroatoms. The number of carbonyl (C=O) groups excluding carboxylic acids is 4. The molecule has 0 N–H and O–H groups in total. The fraction of sp³-hybridized carbons (Fsp3) is 0.312. The maximum absolute atomic E-state index is 13.1. The highest BCUT2D eigenvalue weighted by atomic mass is 79.9. The monoisotopic (exact) mass is 407 g/mol. The van der Waals surface area contributed by atoms with Gasteiger partial charge in [-0.2, -0.15) is 5.10 Å². The van der Waals surface area contributed by atoms with Crippen LogP contribution in [0.25, 0.3) is 0 Å². The van der Waals surface area contributed by atoms with Gasteiger partial charge in [0.05, 0.1) is 12.8 Å². The van der Waals surface area contributed by atoms with Gasteiger partial charge in [-0.3, -0.25) is 14.4 Å². The molecular formula is C16H14BrN3O5. The van der Waals surface area contributed by atoms with Gasteiger partial charge in [-0.15, -0.1) is 0 Å². The molecule has 2 unspecified atom stereocenters. The molecule has 0 aromatic heterocycles. The van der Waals surface area contributed by atoms with Crippen molar-refractivity contribution in [2.24, 2.45) is 11.0 Å². The van der Waals surface area contributed by atoms with Gasteiger partial charge in [-0.25, -0.2) is 14.7 Å². The van der Waals surface area contributed by atoms with E-state index in [1.54, 1.807) is 24.3 Å². The van der Waals surface area contributed by atoms with Gasteiger partial charge in [0.1, 0.15) is 5.92 Å². The molecular weight excluding hydrogens is 394 g/mol. The summed E-state index contributed by atoms with van der Waals surface area (Å²) in [5, 5.41) is 4.80. The highest BCUT2D eigenvalue weighted by Gasteiger charge is 2.68. The van der Waals surface area contributed by atoms with E-state index >= 15 is 0 Å². The molecule has 0 saturated carbocycles. The Morgan fingerprint density at radius 3 is 2.48 bits per heavy atom. The van der Waals surface area contributed by atoms with E-state index in [4.69, 9.17) is 0 Å². The van der Waals surface area contributed by atoms with Crippen molar-refractivity contribution in [3.8, 4) is 0 Å². The lowest BCUT2D eigenvalue weighted by atomic mass is 9.85. The molecule has 2 aliphatic rings. The summed E-state index contributed by atoms with van der Waals surface area (Å²) < 4.78 is 5.20. The molecule has 1 fully saturated rings. The molecule has 0 spiro atoms. The highest BCUT2D eigenvalue weighted by Crippen LogP contribution is 2.44. The van der Waals surface area contributed by atoms with Gasteiger partial charge in [0, 0.05) is 11.4 Å². The second-order valence-electron chi connectivity index (χ2n) is 5.82. The molecule has 2 aliphatic heterocycles. The average molecular weight is 408 g/mol. The lowest BCUT2D eigenvalue weighted by Gasteiger charge is -2.28. The molecule has 0 aliphatic carbocycles. The summed E-state index contributed by atoms with van der Waals surface area (Å²) in [6.07, 6.45) is 0. The summed E-state index contributed by atoms with van der Waals surface area (Å²) in [6.45, 7) is 2.64. The number of fused-ring (bicyclic) bond motifs is 1. The van der Waals surface area contributed by atoms with Crippen molar-refractivity contribution in [2.45, 2.75) is 19.4 Å². The first-order chi connectivity index (χ1) is 11.7. The Hall–Kier alpha value is -2.55. The van der Waals surface area contributed by atoms with Crippen molar-refractivity contribution < 1.29 is 23.9 Å². The number of methoxy groups -OCH3 is 1. The van der Waals surface area contributed by atoms with Gasteiger partial charge >= 0.3 is 5.97 Å². The van der Waals surface area contributed by atoms with Gasteiger partial charge in [0.25, 0.3) is 5.91 Å². The van der Waals surface area contributed by atoms with E-state index < -0.39 is 35.1 Å². The molecule has 130 valence electrons. The summed E-state index contributed by atoms with van der Waals surface area (Å²) in [5.41, 5.74) is -1.53. The first-order valence-corrected chi connectivity index (χ1v) is 8.15. The Bertz CT molecular complexity index is 852. The standard InChI is InChI=1S/C16H14BrN3O5/c1-8(21)20-16(2)11(12(18-20)14(23)25-3)13(22)19(15(16)24)10-7-5-4-6-9(10)17/h4-7,11H,1-3H3. The van der Waals surface area contributed by atoms with Crippen molar-refractivity contribution in [1.29, 1.82) is 0 Å². The number of esters is 1. The number of imide groups is 1. The van der Waals surface area contributed by atoms with Crippen LogP contribution in [0.4, 0.5) is 5.69 Å². The number of halogens is 1. The number of ether oxygens (including phenoxy) is 1. The third-order valence-electron chi connectivity index (χ3n) is 4.37. The molecule has 0 bridgehead atoms. The second kappa shape index (κ2) is 5.76. The Labute approximate surface area is 151 Å². The van der Waals surface area contributed by atoms with E-state index in [1.807, 2.05) is 0 Å². The predicted molar refractivity (Wildman–Crippen MR) is 90.5 cm³/mol. The summed E-state index contributed by atoms with van der Waals surface area (Å²) in [5.74, 6) is -3.89. The number of amides is 3. The number of carbonyl (C=O) groups is 4. The quantitative estimate of drug-likeness (QED) is 0.539. The van der Waals surface area contributed by atoms with Crippen LogP contribution in [0, 0.1) is 5.92 Å². The van der Waals surface area contributed by atoms with Crippen LogP contribution in [0.2, 0.25) is 0 Å². The zero-order valence-corrected chi connectivity index (χ0v) is 15.2. The minimum absolute atomic E-state index is 0.256. The van der Waals surface area contributed by atoms with Gasteiger partial charge in [0.2, 0.25) is 11.8 Å². The van der Waals surface area contributed by atoms with Crippen LogP contribution in [0.15, 0.2) is 33.8 Å². The molecule has 2 heterocycles. The number of para-hydroxylation sites is 1. The lowest BCUT2D eigenvalue weighted by Crippen LogP contribution is -2.52. The normalized spacial score (nSPS) is 25.1. The predicted octanol–water partition coefficient (Wildman–Crippen LogP) is 1.09. The fourth-order valence-corrected chi connectivity index (χ4v) is 3.67. The number of benzene rings is 1. The molecule has 25 heavy (non-hydrogen) atoms. The molecule has 3 amide bonds. The Balaban J connectivity index is 2.18. The van der Waals surface area contributed by atoms with E-state index in [0.717, 1.165) is 17.0 Å². The van der Waals surface area contributed by atoms with Crippen LogP contribution in [0.1, 0.15) is 13.8 Å². The van der Waals surface area contributed by atoms with Gasteiger partial charge in [0.15, 0.2) is 11.3 Å². The van der Waals surface area contributed by atoms with E-state index in [9.17, 15) is 19.2 Å². The van der Waals surface area contributed by atoms with Gasteiger partial charge in [-0.05, 0) is 35.0 Å². The van der Waals surface area contributed by atoms with Gasteiger partial charge in [-0.1, -0.05) is 12.1 Å². The number of hydrogen-bond acceptors (Lipinski definition) is 6. The van der Waals surface area contributed by atoms with Crippen LogP contribution in [0.5, 0.6) is 0 Å². The number of anilines is 1. The number of hydrogen-bond donors (Lipinski definition) is 0. The third-order valence-corrected chi connectivity index (χ3v) is 5.04. The third kappa shape index (κ3) is 2.22. The summed E-state index contributed by atoms with van der Waals surface area (Å²) >= 11 is 3.31. The summed E-state index contributed by atoms with van der Waals surface area (Å²) in [4.78, 5) is 51.1.